The smallest absolute Gasteiger partial charge is 0.359 e. The van der Waals surface area contributed by atoms with E-state index in [0.29, 0.717) is 5.00 Å². The Morgan fingerprint density at radius 3 is 2.78 bits per heavy atom. The fraction of sp³-hybridized carbons (Fsp3) is 0.231. The van der Waals surface area contributed by atoms with Gasteiger partial charge in [-0.15, -0.1) is 0 Å². The lowest BCUT2D eigenvalue weighted by molar-refractivity contribution is 0.0596. The molecular formula is C13H14N2O2S. The third-order valence-corrected chi connectivity index (χ3v) is 3.78. The molecule has 0 aliphatic heterocycles. The highest BCUT2D eigenvalue weighted by Crippen LogP contribution is 2.33. The van der Waals surface area contributed by atoms with Gasteiger partial charge >= 0.3 is 5.97 Å². The second-order valence-corrected chi connectivity index (χ2v) is 5.00. The van der Waals surface area contributed by atoms with Crippen molar-refractivity contribution in [2.45, 2.75) is 13.8 Å². The summed E-state index contributed by atoms with van der Waals surface area (Å²) in [7, 11) is 1.32. The molecule has 0 atom stereocenters. The zero-order valence-corrected chi connectivity index (χ0v) is 11.3. The van der Waals surface area contributed by atoms with E-state index in [2.05, 4.69) is 9.72 Å². The molecule has 4 nitrogen and oxygen atoms in total. The topological polar surface area (TPSA) is 65.2 Å². The summed E-state index contributed by atoms with van der Waals surface area (Å²) >= 11 is 1.30. The van der Waals surface area contributed by atoms with Crippen molar-refractivity contribution >= 4 is 22.3 Å². The fourth-order valence-electron chi connectivity index (χ4n) is 1.67. The molecule has 18 heavy (non-hydrogen) atoms. The number of hydrogen-bond donors (Lipinski definition) is 1. The minimum atomic E-state index is -0.500. The fourth-order valence-corrected chi connectivity index (χ4v) is 2.57. The molecule has 0 unspecified atom stereocenters. The number of rotatable bonds is 2. The van der Waals surface area contributed by atoms with Crippen LogP contribution in [0.3, 0.4) is 0 Å². The molecule has 1 aromatic heterocycles. The number of carbonyl (C=O) groups excluding carboxylic acids is 1. The largest absolute Gasteiger partial charge is 0.464 e. The SMILES string of the molecule is COC(=O)c1nc(-c2cccc(C)c2C)sc1N. The second kappa shape index (κ2) is 4.78. The number of aryl methyl sites for hydroxylation is 1. The zero-order chi connectivity index (χ0) is 13.3. The first-order valence-electron chi connectivity index (χ1n) is 5.45. The summed E-state index contributed by atoms with van der Waals surface area (Å²) < 4.78 is 4.65. The monoisotopic (exact) mass is 262 g/mol. The Balaban J connectivity index is 2.53. The average Bonchev–Trinajstić information content (AvgIpc) is 2.73. The molecule has 5 heteroatoms. The summed E-state index contributed by atoms with van der Waals surface area (Å²) in [5.41, 5.74) is 9.32. The molecule has 94 valence electrons. The van der Waals surface area contributed by atoms with Crippen molar-refractivity contribution in [3.63, 3.8) is 0 Å². The van der Waals surface area contributed by atoms with Crippen molar-refractivity contribution in [3.05, 3.63) is 35.0 Å². The van der Waals surface area contributed by atoms with Gasteiger partial charge in [0.1, 0.15) is 10.0 Å². The first-order valence-corrected chi connectivity index (χ1v) is 6.27. The van der Waals surface area contributed by atoms with Gasteiger partial charge in [-0.1, -0.05) is 29.5 Å². The van der Waals surface area contributed by atoms with E-state index in [-0.39, 0.29) is 5.69 Å². The highest BCUT2D eigenvalue weighted by molar-refractivity contribution is 7.19. The van der Waals surface area contributed by atoms with Crippen LogP contribution in [0.25, 0.3) is 10.6 Å². The summed E-state index contributed by atoms with van der Waals surface area (Å²) in [5, 5.41) is 1.13. The summed E-state index contributed by atoms with van der Waals surface area (Å²) in [4.78, 5) is 15.7. The van der Waals surface area contributed by atoms with Crippen LogP contribution in [0.15, 0.2) is 18.2 Å². The van der Waals surface area contributed by atoms with E-state index < -0.39 is 5.97 Å². The molecule has 0 bridgehead atoms. The van der Waals surface area contributed by atoms with Crippen molar-refractivity contribution in [3.8, 4) is 10.6 Å². The third kappa shape index (κ3) is 2.09. The van der Waals surface area contributed by atoms with Crippen molar-refractivity contribution in [1.82, 2.24) is 4.98 Å². The van der Waals surface area contributed by atoms with Crippen molar-refractivity contribution in [1.29, 1.82) is 0 Å². The van der Waals surface area contributed by atoms with Gasteiger partial charge in [-0.05, 0) is 25.0 Å². The Morgan fingerprint density at radius 2 is 2.11 bits per heavy atom. The maximum Gasteiger partial charge on any atom is 0.359 e. The average molecular weight is 262 g/mol. The number of esters is 1. The highest BCUT2D eigenvalue weighted by Gasteiger charge is 2.18. The highest BCUT2D eigenvalue weighted by atomic mass is 32.1. The van der Waals surface area contributed by atoms with E-state index in [9.17, 15) is 4.79 Å². The summed E-state index contributed by atoms with van der Waals surface area (Å²) in [6.07, 6.45) is 0. The van der Waals surface area contributed by atoms with E-state index in [1.54, 1.807) is 0 Å². The van der Waals surface area contributed by atoms with E-state index in [1.165, 1.54) is 24.0 Å². The molecule has 0 radical (unpaired) electrons. The van der Waals surface area contributed by atoms with E-state index in [4.69, 9.17) is 5.73 Å². The molecule has 1 heterocycles. The number of methoxy groups -OCH3 is 1. The minimum Gasteiger partial charge on any atom is -0.464 e. The van der Waals surface area contributed by atoms with Gasteiger partial charge in [-0.2, -0.15) is 0 Å². The quantitative estimate of drug-likeness (QED) is 0.845. The molecule has 2 rings (SSSR count). The number of anilines is 1. The van der Waals surface area contributed by atoms with Crippen LogP contribution in [0.2, 0.25) is 0 Å². The van der Waals surface area contributed by atoms with Gasteiger partial charge in [0.25, 0.3) is 0 Å². The van der Waals surface area contributed by atoms with Gasteiger partial charge in [0.2, 0.25) is 0 Å². The van der Waals surface area contributed by atoms with Crippen LogP contribution < -0.4 is 5.73 Å². The van der Waals surface area contributed by atoms with Crippen LogP contribution in [0.1, 0.15) is 21.6 Å². The van der Waals surface area contributed by atoms with Crippen molar-refractivity contribution in [2.24, 2.45) is 0 Å². The van der Waals surface area contributed by atoms with Crippen LogP contribution in [-0.2, 0) is 4.74 Å². The number of benzene rings is 1. The Labute approximate surface area is 109 Å². The molecule has 0 amide bonds. The number of hydrogen-bond acceptors (Lipinski definition) is 5. The lowest BCUT2D eigenvalue weighted by atomic mass is 10.0. The lowest BCUT2D eigenvalue weighted by Gasteiger charge is -2.04. The summed E-state index contributed by atoms with van der Waals surface area (Å²) in [6.45, 7) is 4.07. The standard InChI is InChI=1S/C13H14N2O2S/c1-7-5-4-6-9(8(7)2)12-15-10(11(14)18-12)13(16)17-3/h4-6H,14H2,1-3H3. The molecule has 0 fully saturated rings. The van der Waals surface area contributed by atoms with Gasteiger partial charge < -0.3 is 10.5 Å². The van der Waals surface area contributed by atoms with Gasteiger partial charge in [-0.25, -0.2) is 9.78 Å². The molecule has 2 aromatic rings. The van der Waals surface area contributed by atoms with Crippen molar-refractivity contribution < 1.29 is 9.53 Å². The number of aromatic nitrogens is 1. The summed E-state index contributed by atoms with van der Waals surface area (Å²) in [6, 6.07) is 5.98. The predicted octanol–water partition coefficient (Wildman–Crippen LogP) is 2.80. The Bertz CT molecular complexity index is 605. The molecule has 0 saturated carbocycles. The minimum absolute atomic E-state index is 0.193. The first kappa shape index (κ1) is 12.6. The predicted molar refractivity (Wildman–Crippen MR) is 72.8 cm³/mol. The van der Waals surface area contributed by atoms with Crippen LogP contribution in [0, 0.1) is 13.8 Å². The Hall–Kier alpha value is -1.88. The molecule has 0 saturated heterocycles. The lowest BCUT2D eigenvalue weighted by Crippen LogP contribution is -2.04. The van der Waals surface area contributed by atoms with Gasteiger partial charge in [0.05, 0.1) is 7.11 Å². The maximum atomic E-state index is 11.5. The van der Waals surface area contributed by atoms with Gasteiger partial charge in [0, 0.05) is 5.56 Å². The van der Waals surface area contributed by atoms with Gasteiger partial charge in [0.15, 0.2) is 5.69 Å². The van der Waals surface area contributed by atoms with E-state index >= 15 is 0 Å². The zero-order valence-electron chi connectivity index (χ0n) is 10.5. The van der Waals surface area contributed by atoms with Crippen LogP contribution in [0.4, 0.5) is 5.00 Å². The van der Waals surface area contributed by atoms with E-state index in [1.807, 2.05) is 32.0 Å². The molecule has 0 aliphatic rings. The molecular weight excluding hydrogens is 248 g/mol. The first-order chi connectivity index (χ1) is 8.54. The normalized spacial score (nSPS) is 10.4. The number of ether oxygens (including phenoxy) is 1. The molecule has 2 N–H and O–H groups in total. The number of nitrogens with zero attached hydrogens (tertiary/aromatic N) is 1. The summed E-state index contributed by atoms with van der Waals surface area (Å²) in [5.74, 6) is -0.500. The van der Waals surface area contributed by atoms with E-state index in [0.717, 1.165) is 16.1 Å². The molecule has 0 spiro atoms. The third-order valence-electron chi connectivity index (χ3n) is 2.87. The number of carbonyl (C=O) groups is 1. The van der Waals surface area contributed by atoms with Gasteiger partial charge in [-0.3, -0.25) is 0 Å². The maximum absolute atomic E-state index is 11.5. The molecule has 0 aliphatic carbocycles. The number of nitrogens with two attached hydrogens (primary N) is 1. The van der Waals surface area contributed by atoms with Crippen molar-refractivity contribution in [2.75, 3.05) is 12.8 Å². The number of thiazole rings is 1. The molecule has 1 aromatic carbocycles. The van der Waals surface area contributed by atoms with Crippen LogP contribution in [0.5, 0.6) is 0 Å². The van der Waals surface area contributed by atoms with Crippen LogP contribution >= 0.6 is 11.3 Å². The Kier molecular flexibility index (Phi) is 3.34. The van der Waals surface area contributed by atoms with Crippen LogP contribution in [-0.4, -0.2) is 18.1 Å². The Morgan fingerprint density at radius 1 is 1.39 bits per heavy atom. The second-order valence-electron chi connectivity index (χ2n) is 3.97. The number of nitrogen functional groups attached to an aromatic ring is 1.